The molecule has 2 aromatic rings. The van der Waals surface area contributed by atoms with E-state index in [0.717, 1.165) is 23.7 Å². The predicted molar refractivity (Wildman–Crippen MR) is 68.3 cm³/mol. The number of aromatic nitrogens is 2. The van der Waals surface area contributed by atoms with Crippen molar-refractivity contribution in [1.82, 2.24) is 9.78 Å². The van der Waals surface area contributed by atoms with Crippen molar-refractivity contribution in [1.29, 1.82) is 0 Å². The van der Waals surface area contributed by atoms with Crippen LogP contribution in [0.4, 0.5) is 5.69 Å². The summed E-state index contributed by atoms with van der Waals surface area (Å²) in [5.74, 6) is 0.856. The highest BCUT2D eigenvalue weighted by Crippen LogP contribution is 2.23. The Balaban J connectivity index is 2.09. The molecule has 1 heterocycles. The van der Waals surface area contributed by atoms with Gasteiger partial charge in [0, 0.05) is 25.4 Å². The number of rotatable bonds is 4. The van der Waals surface area contributed by atoms with Crippen LogP contribution >= 0.6 is 0 Å². The Morgan fingerprint density at radius 1 is 1.35 bits per heavy atom. The normalized spacial score (nSPS) is 10.3. The third-order valence-electron chi connectivity index (χ3n) is 2.69. The molecular formula is C13H17N3O. The Labute approximate surface area is 101 Å². The number of methoxy groups -OCH3 is 1. The summed E-state index contributed by atoms with van der Waals surface area (Å²) in [5, 5.41) is 7.67. The van der Waals surface area contributed by atoms with Crippen molar-refractivity contribution in [2.45, 2.75) is 13.5 Å². The van der Waals surface area contributed by atoms with E-state index >= 15 is 0 Å². The predicted octanol–water partition coefficient (Wildman–Crippen LogP) is 2.35. The van der Waals surface area contributed by atoms with Crippen molar-refractivity contribution in [2.75, 3.05) is 12.4 Å². The second-order valence-electron chi connectivity index (χ2n) is 3.97. The smallest absolute Gasteiger partial charge is 0.141 e. The number of benzene rings is 1. The number of para-hydroxylation sites is 2. The minimum Gasteiger partial charge on any atom is -0.495 e. The van der Waals surface area contributed by atoms with Gasteiger partial charge in [0.05, 0.1) is 18.5 Å². The molecule has 4 heteroatoms. The van der Waals surface area contributed by atoms with Crippen molar-refractivity contribution in [2.24, 2.45) is 7.05 Å². The molecule has 0 fully saturated rings. The first kappa shape index (κ1) is 11.5. The molecule has 1 aromatic heterocycles. The first-order valence-electron chi connectivity index (χ1n) is 5.56. The molecule has 0 unspecified atom stereocenters. The first-order chi connectivity index (χ1) is 8.20. The van der Waals surface area contributed by atoms with Crippen LogP contribution in [0.5, 0.6) is 5.75 Å². The van der Waals surface area contributed by atoms with Crippen LogP contribution in [0, 0.1) is 6.92 Å². The van der Waals surface area contributed by atoms with Crippen LogP contribution in [0.25, 0.3) is 0 Å². The molecule has 90 valence electrons. The number of anilines is 1. The lowest BCUT2D eigenvalue weighted by atomic mass is 10.2. The van der Waals surface area contributed by atoms with Gasteiger partial charge in [0.2, 0.25) is 0 Å². The second kappa shape index (κ2) is 4.91. The summed E-state index contributed by atoms with van der Waals surface area (Å²) in [7, 11) is 3.61. The molecule has 2 rings (SSSR count). The SMILES string of the molecule is COc1ccccc1NCc1cn(C)nc1C. The van der Waals surface area contributed by atoms with Gasteiger partial charge in [0.15, 0.2) is 0 Å². The molecule has 17 heavy (non-hydrogen) atoms. The van der Waals surface area contributed by atoms with Gasteiger partial charge in [-0.05, 0) is 19.1 Å². The van der Waals surface area contributed by atoms with E-state index < -0.39 is 0 Å². The second-order valence-corrected chi connectivity index (χ2v) is 3.97. The zero-order chi connectivity index (χ0) is 12.3. The third kappa shape index (κ3) is 2.58. The average molecular weight is 231 g/mol. The molecule has 0 aliphatic rings. The van der Waals surface area contributed by atoms with Gasteiger partial charge in [-0.15, -0.1) is 0 Å². The van der Waals surface area contributed by atoms with Crippen molar-refractivity contribution in [3.63, 3.8) is 0 Å². The fourth-order valence-electron chi connectivity index (χ4n) is 1.80. The Kier molecular flexibility index (Phi) is 3.32. The quantitative estimate of drug-likeness (QED) is 0.878. The summed E-state index contributed by atoms with van der Waals surface area (Å²) < 4.78 is 7.11. The molecule has 0 saturated carbocycles. The molecular weight excluding hydrogens is 214 g/mol. The van der Waals surface area contributed by atoms with Gasteiger partial charge in [-0.3, -0.25) is 4.68 Å². The monoisotopic (exact) mass is 231 g/mol. The van der Waals surface area contributed by atoms with E-state index in [-0.39, 0.29) is 0 Å². The van der Waals surface area contributed by atoms with Crippen LogP contribution in [0.3, 0.4) is 0 Å². The molecule has 1 aromatic carbocycles. The molecule has 0 bridgehead atoms. The van der Waals surface area contributed by atoms with Gasteiger partial charge in [0.1, 0.15) is 5.75 Å². The van der Waals surface area contributed by atoms with Crippen LogP contribution < -0.4 is 10.1 Å². The molecule has 0 aliphatic heterocycles. The van der Waals surface area contributed by atoms with E-state index in [0.29, 0.717) is 0 Å². The van der Waals surface area contributed by atoms with Gasteiger partial charge in [0.25, 0.3) is 0 Å². The Morgan fingerprint density at radius 3 is 2.76 bits per heavy atom. The Bertz CT molecular complexity index is 505. The average Bonchev–Trinajstić information content (AvgIpc) is 2.65. The Hall–Kier alpha value is -1.97. The van der Waals surface area contributed by atoms with Crippen molar-refractivity contribution in [3.05, 3.63) is 41.7 Å². The van der Waals surface area contributed by atoms with Crippen LogP contribution in [-0.2, 0) is 13.6 Å². The third-order valence-corrected chi connectivity index (χ3v) is 2.69. The van der Waals surface area contributed by atoms with Crippen LogP contribution in [0.1, 0.15) is 11.3 Å². The number of aryl methyl sites for hydroxylation is 2. The molecule has 4 nitrogen and oxygen atoms in total. The lowest BCUT2D eigenvalue weighted by molar-refractivity contribution is 0.416. The van der Waals surface area contributed by atoms with Crippen LogP contribution in [0.15, 0.2) is 30.5 Å². The van der Waals surface area contributed by atoms with Gasteiger partial charge < -0.3 is 10.1 Å². The highest BCUT2D eigenvalue weighted by molar-refractivity contribution is 5.56. The van der Waals surface area contributed by atoms with E-state index in [1.54, 1.807) is 7.11 Å². The maximum absolute atomic E-state index is 5.29. The largest absolute Gasteiger partial charge is 0.495 e. The first-order valence-corrected chi connectivity index (χ1v) is 5.56. The van der Waals surface area contributed by atoms with Gasteiger partial charge in [-0.1, -0.05) is 12.1 Å². The van der Waals surface area contributed by atoms with Gasteiger partial charge in [-0.25, -0.2) is 0 Å². The van der Waals surface area contributed by atoms with Crippen LogP contribution in [0.2, 0.25) is 0 Å². The van der Waals surface area contributed by atoms with E-state index in [1.807, 2.05) is 49.1 Å². The lowest BCUT2D eigenvalue weighted by Gasteiger charge is -2.10. The maximum Gasteiger partial charge on any atom is 0.141 e. The van der Waals surface area contributed by atoms with Gasteiger partial charge >= 0.3 is 0 Å². The van der Waals surface area contributed by atoms with Crippen molar-refractivity contribution < 1.29 is 4.74 Å². The van der Waals surface area contributed by atoms with Crippen molar-refractivity contribution in [3.8, 4) is 5.75 Å². The van der Waals surface area contributed by atoms with Gasteiger partial charge in [-0.2, -0.15) is 5.10 Å². The lowest BCUT2D eigenvalue weighted by Crippen LogP contribution is -2.01. The Morgan fingerprint density at radius 2 is 2.12 bits per heavy atom. The molecule has 1 N–H and O–H groups in total. The van der Waals surface area contributed by atoms with Crippen molar-refractivity contribution >= 4 is 5.69 Å². The minimum atomic E-state index is 0.750. The number of hydrogen-bond acceptors (Lipinski definition) is 3. The number of nitrogens with one attached hydrogen (secondary N) is 1. The fraction of sp³-hybridized carbons (Fsp3) is 0.308. The van der Waals surface area contributed by atoms with E-state index in [2.05, 4.69) is 10.4 Å². The van der Waals surface area contributed by atoms with E-state index in [9.17, 15) is 0 Å². The van der Waals surface area contributed by atoms with E-state index in [1.165, 1.54) is 5.56 Å². The minimum absolute atomic E-state index is 0.750. The van der Waals surface area contributed by atoms with Crippen LogP contribution in [-0.4, -0.2) is 16.9 Å². The summed E-state index contributed by atoms with van der Waals surface area (Å²) in [5.41, 5.74) is 3.24. The number of hydrogen-bond donors (Lipinski definition) is 1. The zero-order valence-corrected chi connectivity index (χ0v) is 10.4. The standard InChI is InChI=1S/C13H17N3O/c1-10-11(9-16(2)15-10)8-14-12-6-4-5-7-13(12)17-3/h4-7,9,14H,8H2,1-3H3. The maximum atomic E-state index is 5.29. The molecule has 0 saturated heterocycles. The highest BCUT2D eigenvalue weighted by atomic mass is 16.5. The molecule has 0 radical (unpaired) electrons. The summed E-state index contributed by atoms with van der Waals surface area (Å²) in [6.07, 6.45) is 2.03. The summed E-state index contributed by atoms with van der Waals surface area (Å²) in [6.45, 7) is 2.76. The molecule has 0 amide bonds. The molecule has 0 spiro atoms. The number of ether oxygens (including phenoxy) is 1. The molecule has 0 atom stereocenters. The highest BCUT2D eigenvalue weighted by Gasteiger charge is 2.04. The summed E-state index contributed by atoms with van der Waals surface area (Å²) >= 11 is 0. The summed E-state index contributed by atoms with van der Waals surface area (Å²) in [4.78, 5) is 0. The summed E-state index contributed by atoms with van der Waals surface area (Å²) in [6, 6.07) is 7.89. The molecule has 0 aliphatic carbocycles. The van der Waals surface area contributed by atoms with E-state index in [4.69, 9.17) is 4.74 Å². The topological polar surface area (TPSA) is 39.1 Å². The fourth-order valence-corrected chi connectivity index (χ4v) is 1.80. The zero-order valence-electron chi connectivity index (χ0n) is 10.4. The number of nitrogens with zero attached hydrogens (tertiary/aromatic N) is 2.